The molecule has 0 aliphatic heterocycles. The zero-order chi connectivity index (χ0) is 13.1. The summed E-state index contributed by atoms with van der Waals surface area (Å²) in [5.74, 6) is 0.655. The van der Waals surface area contributed by atoms with Crippen molar-refractivity contribution in [2.45, 2.75) is 71.9 Å². The molecule has 3 atom stereocenters. The van der Waals surface area contributed by atoms with Crippen LogP contribution in [0.5, 0.6) is 0 Å². The van der Waals surface area contributed by atoms with Gasteiger partial charge in [-0.1, -0.05) is 47.0 Å². The minimum Gasteiger partial charge on any atom is -0.352 e. The first-order chi connectivity index (χ1) is 7.86. The van der Waals surface area contributed by atoms with Crippen molar-refractivity contribution in [1.82, 2.24) is 5.32 Å². The van der Waals surface area contributed by atoms with Crippen molar-refractivity contribution < 1.29 is 4.79 Å². The molecule has 3 nitrogen and oxygen atoms in total. The van der Waals surface area contributed by atoms with Crippen LogP contribution in [0.3, 0.4) is 0 Å². The first-order valence-electron chi connectivity index (χ1n) is 6.92. The summed E-state index contributed by atoms with van der Waals surface area (Å²) in [6.45, 7) is 8.24. The number of nitrogens with one attached hydrogen (secondary N) is 1. The molecule has 100 valence electrons. The van der Waals surface area contributed by atoms with Crippen LogP contribution in [0, 0.1) is 11.3 Å². The zero-order valence-corrected chi connectivity index (χ0v) is 11.8. The Kier molecular flexibility index (Phi) is 4.99. The summed E-state index contributed by atoms with van der Waals surface area (Å²) in [5, 5.41) is 3.16. The van der Waals surface area contributed by atoms with Crippen molar-refractivity contribution in [2.75, 3.05) is 0 Å². The van der Waals surface area contributed by atoms with Crippen molar-refractivity contribution in [3.05, 3.63) is 0 Å². The summed E-state index contributed by atoms with van der Waals surface area (Å²) in [5.41, 5.74) is 5.82. The van der Waals surface area contributed by atoms with E-state index in [0.29, 0.717) is 12.0 Å². The monoisotopic (exact) mass is 240 g/mol. The van der Waals surface area contributed by atoms with Crippen LogP contribution >= 0.6 is 0 Å². The highest BCUT2D eigenvalue weighted by Crippen LogP contribution is 2.27. The number of nitrogens with two attached hydrogens (primary N) is 1. The lowest BCUT2D eigenvalue weighted by Gasteiger charge is -2.34. The minimum atomic E-state index is -0.415. The van der Waals surface area contributed by atoms with Crippen molar-refractivity contribution in [2.24, 2.45) is 17.1 Å². The van der Waals surface area contributed by atoms with Gasteiger partial charge in [-0.2, -0.15) is 0 Å². The van der Waals surface area contributed by atoms with Crippen molar-refractivity contribution in [3.63, 3.8) is 0 Å². The molecular formula is C14H28N2O. The Hall–Kier alpha value is -0.570. The number of carbonyl (C=O) groups excluding carboxylic acids is 1. The SMILES string of the molecule is CCC1CCCCC1NC(=O)C(N)C(C)(C)C. The van der Waals surface area contributed by atoms with E-state index in [-0.39, 0.29) is 11.3 Å². The molecule has 3 unspecified atom stereocenters. The lowest BCUT2D eigenvalue weighted by Crippen LogP contribution is -2.53. The van der Waals surface area contributed by atoms with Crippen molar-refractivity contribution in [1.29, 1.82) is 0 Å². The second kappa shape index (κ2) is 5.85. The highest BCUT2D eigenvalue weighted by molar-refractivity contribution is 5.82. The fourth-order valence-electron chi connectivity index (χ4n) is 2.55. The average molecular weight is 240 g/mol. The Morgan fingerprint density at radius 3 is 2.47 bits per heavy atom. The molecule has 1 aliphatic rings. The zero-order valence-electron chi connectivity index (χ0n) is 11.8. The maximum Gasteiger partial charge on any atom is 0.237 e. The largest absolute Gasteiger partial charge is 0.352 e. The van der Waals surface area contributed by atoms with Gasteiger partial charge >= 0.3 is 0 Å². The highest BCUT2D eigenvalue weighted by atomic mass is 16.2. The van der Waals surface area contributed by atoms with Crippen LogP contribution in [0.1, 0.15) is 59.8 Å². The predicted octanol–water partition coefficient (Wildman–Crippen LogP) is 2.44. The van der Waals surface area contributed by atoms with Crippen LogP contribution in [-0.4, -0.2) is 18.0 Å². The first-order valence-corrected chi connectivity index (χ1v) is 6.92. The molecule has 0 aromatic carbocycles. The fraction of sp³-hybridized carbons (Fsp3) is 0.929. The standard InChI is InChI=1S/C14H28N2O/c1-5-10-8-6-7-9-11(10)16-13(17)12(15)14(2,3)4/h10-12H,5-9,15H2,1-4H3,(H,16,17). The van der Waals surface area contributed by atoms with Crippen LogP contribution < -0.4 is 11.1 Å². The van der Waals surface area contributed by atoms with E-state index in [4.69, 9.17) is 5.73 Å². The van der Waals surface area contributed by atoms with E-state index in [1.165, 1.54) is 19.3 Å². The van der Waals surface area contributed by atoms with Gasteiger partial charge < -0.3 is 11.1 Å². The fourth-order valence-corrected chi connectivity index (χ4v) is 2.55. The molecule has 3 N–H and O–H groups in total. The van der Waals surface area contributed by atoms with Crippen LogP contribution in [-0.2, 0) is 4.79 Å². The maximum absolute atomic E-state index is 12.1. The Balaban J connectivity index is 2.55. The predicted molar refractivity (Wildman–Crippen MR) is 71.6 cm³/mol. The summed E-state index contributed by atoms with van der Waals surface area (Å²) in [6.07, 6.45) is 6.03. The highest BCUT2D eigenvalue weighted by Gasteiger charge is 2.31. The van der Waals surface area contributed by atoms with Gasteiger partial charge in [0.25, 0.3) is 0 Å². The van der Waals surface area contributed by atoms with E-state index in [1.54, 1.807) is 0 Å². The second-order valence-corrected chi connectivity index (χ2v) is 6.41. The van der Waals surface area contributed by atoms with Gasteiger partial charge in [0.1, 0.15) is 0 Å². The molecule has 0 radical (unpaired) electrons. The summed E-state index contributed by atoms with van der Waals surface area (Å²) in [4.78, 5) is 12.1. The molecular weight excluding hydrogens is 212 g/mol. The van der Waals surface area contributed by atoms with Gasteiger partial charge in [-0.05, 0) is 24.2 Å². The molecule has 0 aromatic rings. The lowest BCUT2D eigenvalue weighted by molar-refractivity contribution is -0.125. The van der Waals surface area contributed by atoms with Gasteiger partial charge in [0.2, 0.25) is 5.91 Å². The smallest absolute Gasteiger partial charge is 0.237 e. The molecule has 1 saturated carbocycles. The number of hydrogen-bond donors (Lipinski definition) is 2. The van der Waals surface area contributed by atoms with Crippen molar-refractivity contribution in [3.8, 4) is 0 Å². The summed E-state index contributed by atoms with van der Waals surface area (Å²) in [7, 11) is 0. The Bertz CT molecular complexity index is 257. The van der Waals surface area contributed by atoms with Gasteiger partial charge in [0.05, 0.1) is 6.04 Å². The molecule has 17 heavy (non-hydrogen) atoms. The van der Waals surface area contributed by atoms with Gasteiger partial charge in [0, 0.05) is 6.04 Å². The quantitative estimate of drug-likeness (QED) is 0.796. The molecule has 1 rings (SSSR count). The molecule has 1 aliphatic carbocycles. The molecule has 0 saturated heterocycles. The molecule has 1 amide bonds. The summed E-state index contributed by atoms with van der Waals surface area (Å²) < 4.78 is 0. The normalized spacial score (nSPS) is 27.6. The molecule has 1 fully saturated rings. The van der Waals surface area contributed by atoms with Crippen LogP contribution in [0.2, 0.25) is 0 Å². The van der Waals surface area contributed by atoms with Gasteiger partial charge in [-0.3, -0.25) is 4.79 Å². The Morgan fingerprint density at radius 1 is 1.35 bits per heavy atom. The third-order valence-corrected chi connectivity index (χ3v) is 3.98. The third kappa shape index (κ3) is 3.98. The topological polar surface area (TPSA) is 55.1 Å². The van der Waals surface area contributed by atoms with Crippen LogP contribution in [0.25, 0.3) is 0 Å². The van der Waals surface area contributed by atoms with E-state index < -0.39 is 6.04 Å². The van der Waals surface area contributed by atoms with E-state index in [2.05, 4.69) is 12.2 Å². The Morgan fingerprint density at radius 2 is 1.94 bits per heavy atom. The van der Waals surface area contributed by atoms with E-state index in [9.17, 15) is 4.79 Å². The maximum atomic E-state index is 12.1. The third-order valence-electron chi connectivity index (χ3n) is 3.98. The number of amides is 1. The summed E-state index contributed by atoms with van der Waals surface area (Å²) >= 11 is 0. The van der Waals surface area contributed by atoms with Gasteiger partial charge in [-0.15, -0.1) is 0 Å². The van der Waals surface area contributed by atoms with E-state index >= 15 is 0 Å². The number of rotatable bonds is 3. The minimum absolute atomic E-state index is 0.0165. The number of carbonyl (C=O) groups is 1. The second-order valence-electron chi connectivity index (χ2n) is 6.41. The molecule has 0 aromatic heterocycles. The molecule has 3 heteroatoms. The lowest BCUT2D eigenvalue weighted by atomic mass is 9.81. The van der Waals surface area contributed by atoms with Gasteiger partial charge in [-0.25, -0.2) is 0 Å². The van der Waals surface area contributed by atoms with Gasteiger partial charge in [0.15, 0.2) is 0 Å². The van der Waals surface area contributed by atoms with E-state index in [0.717, 1.165) is 12.8 Å². The Labute approximate surface area is 106 Å². The van der Waals surface area contributed by atoms with E-state index in [1.807, 2.05) is 20.8 Å². The summed E-state index contributed by atoms with van der Waals surface area (Å²) in [6, 6.07) is -0.0726. The molecule has 0 bridgehead atoms. The first kappa shape index (κ1) is 14.5. The average Bonchev–Trinajstić information content (AvgIpc) is 2.27. The van der Waals surface area contributed by atoms with Crippen molar-refractivity contribution >= 4 is 5.91 Å². The molecule has 0 spiro atoms. The van der Waals surface area contributed by atoms with Crippen LogP contribution in [0.15, 0.2) is 0 Å². The molecule has 0 heterocycles. The number of hydrogen-bond acceptors (Lipinski definition) is 2. The van der Waals surface area contributed by atoms with Crippen LogP contribution in [0.4, 0.5) is 0 Å².